The summed E-state index contributed by atoms with van der Waals surface area (Å²) < 4.78 is 18.3. The van der Waals surface area contributed by atoms with Crippen molar-refractivity contribution in [2.75, 3.05) is 11.9 Å². The van der Waals surface area contributed by atoms with Gasteiger partial charge in [-0.15, -0.1) is 0 Å². The van der Waals surface area contributed by atoms with Crippen molar-refractivity contribution in [2.45, 2.75) is 19.9 Å². The van der Waals surface area contributed by atoms with Gasteiger partial charge in [-0.25, -0.2) is 4.39 Å². The fraction of sp³-hybridized carbons (Fsp3) is 0.250. The highest BCUT2D eigenvalue weighted by atomic mass is 19.1. The van der Waals surface area contributed by atoms with Gasteiger partial charge in [0, 0.05) is 17.3 Å². The van der Waals surface area contributed by atoms with Crippen LogP contribution in [-0.2, 0) is 0 Å². The topological polar surface area (TPSA) is 41.5 Å². The van der Waals surface area contributed by atoms with Crippen LogP contribution in [-0.4, -0.2) is 11.7 Å². The van der Waals surface area contributed by atoms with Gasteiger partial charge in [0.2, 0.25) is 0 Å². The van der Waals surface area contributed by atoms with Crippen molar-refractivity contribution in [3.8, 4) is 11.5 Å². The summed E-state index contributed by atoms with van der Waals surface area (Å²) in [6, 6.07) is 11.5. The molecule has 3 nitrogen and oxygen atoms in total. The van der Waals surface area contributed by atoms with E-state index in [0.717, 1.165) is 17.5 Å². The highest BCUT2D eigenvalue weighted by molar-refractivity contribution is 5.49. The van der Waals surface area contributed by atoms with Gasteiger partial charge in [0.25, 0.3) is 0 Å². The molecule has 0 heterocycles. The molecule has 0 fully saturated rings. The number of anilines is 1. The average molecular weight is 275 g/mol. The van der Waals surface area contributed by atoms with Crippen LogP contribution in [0.1, 0.15) is 25.5 Å². The van der Waals surface area contributed by atoms with Crippen LogP contribution in [0, 0.1) is 5.82 Å². The second kappa shape index (κ2) is 6.28. The minimum absolute atomic E-state index is 0.0454. The minimum atomic E-state index is -0.445. The number of rotatable bonds is 5. The first kappa shape index (κ1) is 14.2. The molecule has 1 atom stereocenters. The normalized spacial score (nSPS) is 11.9. The zero-order valence-electron chi connectivity index (χ0n) is 11.6. The average Bonchev–Trinajstić information content (AvgIpc) is 2.41. The number of hydrogen-bond donors (Lipinski definition) is 2. The highest BCUT2D eigenvalue weighted by Crippen LogP contribution is 2.28. The first-order chi connectivity index (χ1) is 9.60. The summed E-state index contributed by atoms with van der Waals surface area (Å²) in [6.45, 7) is 4.47. The molecule has 2 aromatic rings. The monoisotopic (exact) mass is 275 g/mol. The molecule has 0 bridgehead atoms. The van der Waals surface area contributed by atoms with Crippen molar-refractivity contribution in [3.63, 3.8) is 0 Å². The molecule has 20 heavy (non-hydrogen) atoms. The van der Waals surface area contributed by atoms with Gasteiger partial charge < -0.3 is 15.2 Å². The third kappa shape index (κ3) is 3.41. The third-order valence-corrected chi connectivity index (χ3v) is 3.01. The SMILES string of the molecule is CCOc1ccc(NC(C)c2ccc(F)cc2O)cc1. The van der Waals surface area contributed by atoms with Crippen LogP contribution < -0.4 is 10.1 Å². The lowest BCUT2D eigenvalue weighted by molar-refractivity contribution is 0.340. The van der Waals surface area contributed by atoms with E-state index in [2.05, 4.69) is 5.32 Å². The lowest BCUT2D eigenvalue weighted by Crippen LogP contribution is -2.07. The summed E-state index contributed by atoms with van der Waals surface area (Å²) >= 11 is 0. The van der Waals surface area contributed by atoms with Crippen LogP contribution in [0.15, 0.2) is 42.5 Å². The van der Waals surface area contributed by atoms with Crippen LogP contribution in [0.3, 0.4) is 0 Å². The van der Waals surface area contributed by atoms with E-state index >= 15 is 0 Å². The van der Waals surface area contributed by atoms with E-state index < -0.39 is 5.82 Å². The van der Waals surface area contributed by atoms with Crippen LogP contribution in [0.5, 0.6) is 11.5 Å². The van der Waals surface area contributed by atoms with Crippen molar-refractivity contribution in [1.29, 1.82) is 0 Å². The number of aromatic hydroxyl groups is 1. The molecule has 0 radical (unpaired) electrons. The Kier molecular flexibility index (Phi) is 4.45. The van der Waals surface area contributed by atoms with Crippen molar-refractivity contribution >= 4 is 5.69 Å². The molecule has 2 rings (SSSR count). The predicted octanol–water partition coefficient (Wildman–Crippen LogP) is 4.10. The van der Waals surface area contributed by atoms with E-state index in [-0.39, 0.29) is 11.8 Å². The maximum atomic E-state index is 13.0. The zero-order chi connectivity index (χ0) is 14.5. The van der Waals surface area contributed by atoms with Crippen LogP contribution in [0.25, 0.3) is 0 Å². The number of ether oxygens (including phenoxy) is 1. The molecule has 2 aromatic carbocycles. The Hall–Kier alpha value is -2.23. The van der Waals surface area contributed by atoms with Crippen molar-refractivity contribution in [1.82, 2.24) is 0 Å². The van der Waals surface area contributed by atoms with E-state index in [9.17, 15) is 9.50 Å². The summed E-state index contributed by atoms with van der Waals surface area (Å²) in [7, 11) is 0. The van der Waals surface area contributed by atoms with Gasteiger partial charge in [0.1, 0.15) is 17.3 Å². The van der Waals surface area contributed by atoms with Crippen LogP contribution in [0.2, 0.25) is 0 Å². The number of hydrogen-bond acceptors (Lipinski definition) is 3. The first-order valence-electron chi connectivity index (χ1n) is 6.58. The van der Waals surface area contributed by atoms with Crippen molar-refractivity contribution in [2.24, 2.45) is 0 Å². The predicted molar refractivity (Wildman–Crippen MR) is 77.7 cm³/mol. The maximum absolute atomic E-state index is 13.0. The fourth-order valence-electron chi connectivity index (χ4n) is 2.02. The molecule has 0 amide bonds. The van der Waals surface area contributed by atoms with E-state index in [4.69, 9.17) is 4.74 Å². The molecular weight excluding hydrogens is 257 g/mol. The Balaban J connectivity index is 2.08. The quantitative estimate of drug-likeness (QED) is 0.863. The van der Waals surface area contributed by atoms with Gasteiger partial charge in [0.15, 0.2) is 0 Å². The highest BCUT2D eigenvalue weighted by Gasteiger charge is 2.11. The molecule has 2 N–H and O–H groups in total. The van der Waals surface area contributed by atoms with Crippen molar-refractivity contribution in [3.05, 3.63) is 53.8 Å². The lowest BCUT2D eigenvalue weighted by Gasteiger charge is -2.17. The largest absolute Gasteiger partial charge is 0.507 e. The van der Waals surface area contributed by atoms with E-state index in [1.165, 1.54) is 6.07 Å². The first-order valence-corrected chi connectivity index (χ1v) is 6.58. The summed E-state index contributed by atoms with van der Waals surface area (Å²) in [5.74, 6) is 0.325. The third-order valence-electron chi connectivity index (χ3n) is 3.01. The number of halogens is 1. The number of benzene rings is 2. The molecule has 0 saturated heterocycles. The molecule has 0 aliphatic heterocycles. The summed E-state index contributed by atoms with van der Waals surface area (Å²) in [5, 5.41) is 13.0. The molecule has 0 spiro atoms. The molecule has 0 aliphatic carbocycles. The Morgan fingerprint density at radius 3 is 2.50 bits per heavy atom. The molecule has 0 saturated carbocycles. The Morgan fingerprint density at radius 2 is 1.90 bits per heavy atom. The Labute approximate surface area is 118 Å². The van der Waals surface area contributed by atoms with Gasteiger partial charge in [-0.2, -0.15) is 0 Å². The minimum Gasteiger partial charge on any atom is -0.507 e. The molecule has 1 unspecified atom stereocenters. The van der Waals surface area contributed by atoms with Crippen molar-refractivity contribution < 1.29 is 14.2 Å². The van der Waals surface area contributed by atoms with Gasteiger partial charge in [-0.3, -0.25) is 0 Å². The number of phenolic OH excluding ortho intramolecular Hbond substituents is 1. The van der Waals surface area contributed by atoms with E-state index in [1.54, 1.807) is 6.07 Å². The van der Waals surface area contributed by atoms with Gasteiger partial charge in [-0.1, -0.05) is 6.07 Å². The number of phenols is 1. The second-order valence-electron chi connectivity index (χ2n) is 4.53. The molecule has 0 aliphatic rings. The van der Waals surface area contributed by atoms with Gasteiger partial charge in [-0.05, 0) is 44.2 Å². The standard InChI is InChI=1S/C16H18FNO2/c1-3-20-14-7-5-13(6-8-14)18-11(2)15-9-4-12(17)10-16(15)19/h4-11,18-19H,3H2,1-2H3. The molecular formula is C16H18FNO2. The fourth-order valence-corrected chi connectivity index (χ4v) is 2.02. The molecule has 106 valence electrons. The van der Waals surface area contributed by atoms with Gasteiger partial charge in [0.05, 0.1) is 12.6 Å². The summed E-state index contributed by atoms with van der Waals surface area (Å²) in [6.07, 6.45) is 0. The molecule has 4 heteroatoms. The lowest BCUT2D eigenvalue weighted by atomic mass is 10.1. The molecule has 0 aromatic heterocycles. The number of nitrogens with one attached hydrogen (secondary N) is 1. The Bertz CT molecular complexity index is 569. The maximum Gasteiger partial charge on any atom is 0.126 e. The Morgan fingerprint density at radius 1 is 1.20 bits per heavy atom. The van der Waals surface area contributed by atoms with E-state index in [0.29, 0.717) is 12.2 Å². The van der Waals surface area contributed by atoms with Crippen LogP contribution >= 0.6 is 0 Å². The smallest absolute Gasteiger partial charge is 0.126 e. The second-order valence-corrected chi connectivity index (χ2v) is 4.53. The zero-order valence-corrected chi connectivity index (χ0v) is 11.6. The van der Waals surface area contributed by atoms with Crippen LogP contribution in [0.4, 0.5) is 10.1 Å². The van der Waals surface area contributed by atoms with Gasteiger partial charge >= 0.3 is 0 Å². The summed E-state index contributed by atoms with van der Waals surface area (Å²) in [5.41, 5.74) is 1.56. The summed E-state index contributed by atoms with van der Waals surface area (Å²) in [4.78, 5) is 0. The van der Waals surface area contributed by atoms with E-state index in [1.807, 2.05) is 38.1 Å².